The van der Waals surface area contributed by atoms with Crippen LogP contribution in [0.2, 0.25) is 0 Å². The number of hydrogen-bond donors (Lipinski definition) is 2. The van der Waals surface area contributed by atoms with Gasteiger partial charge in [-0.3, -0.25) is 9.69 Å². The molecule has 1 aromatic heterocycles. The van der Waals surface area contributed by atoms with Crippen molar-refractivity contribution in [2.75, 3.05) is 18.4 Å². The summed E-state index contributed by atoms with van der Waals surface area (Å²) in [7, 11) is 0. The minimum absolute atomic E-state index is 0.00633. The van der Waals surface area contributed by atoms with Gasteiger partial charge in [0.2, 0.25) is 0 Å². The Kier molecular flexibility index (Phi) is 7.33. The standard InChI is InChI=1S/C30H28FN3O4/c1-19-17-27(25-7-4-8-26(31)28(25)32-19)38-23-13-15-34(16-14-23)18-21-5-2-3-6-24(21)29(35)33-22-11-9-20(10-12-22)30(36)37/h2-12,17,23H,13-16,18H2,1H3,(H,33,35)(H,36,37). The second kappa shape index (κ2) is 11.0. The first kappa shape index (κ1) is 25.4. The SMILES string of the molecule is Cc1cc(OC2CCN(Cc3ccccc3C(=O)Nc3ccc(C(=O)O)cc3)CC2)c2cccc(F)c2n1. The van der Waals surface area contributed by atoms with Crippen molar-refractivity contribution in [2.24, 2.45) is 0 Å². The number of carbonyl (C=O) groups excluding carboxylic acids is 1. The Morgan fingerprint density at radius 2 is 1.79 bits per heavy atom. The van der Waals surface area contributed by atoms with Crippen LogP contribution in [0.3, 0.4) is 0 Å². The number of benzene rings is 3. The molecular weight excluding hydrogens is 485 g/mol. The van der Waals surface area contributed by atoms with Crippen LogP contribution in [0.4, 0.5) is 10.1 Å². The van der Waals surface area contributed by atoms with Crippen LogP contribution in [-0.2, 0) is 6.54 Å². The van der Waals surface area contributed by atoms with Crippen LogP contribution in [0.25, 0.3) is 10.9 Å². The van der Waals surface area contributed by atoms with Crippen molar-refractivity contribution in [3.8, 4) is 5.75 Å². The van der Waals surface area contributed by atoms with Gasteiger partial charge in [0.15, 0.2) is 0 Å². The van der Waals surface area contributed by atoms with Gasteiger partial charge < -0.3 is 15.2 Å². The zero-order chi connectivity index (χ0) is 26.6. The van der Waals surface area contributed by atoms with Crippen LogP contribution in [0, 0.1) is 12.7 Å². The number of anilines is 1. The lowest BCUT2D eigenvalue weighted by Gasteiger charge is -2.32. The van der Waals surface area contributed by atoms with E-state index >= 15 is 0 Å². The highest BCUT2D eigenvalue weighted by Crippen LogP contribution is 2.30. The van der Waals surface area contributed by atoms with Crippen molar-refractivity contribution < 1.29 is 23.8 Å². The van der Waals surface area contributed by atoms with Gasteiger partial charge in [-0.25, -0.2) is 14.2 Å². The number of fused-ring (bicyclic) bond motifs is 1. The number of para-hydroxylation sites is 1. The summed E-state index contributed by atoms with van der Waals surface area (Å²) in [6, 6.07) is 20.3. The number of nitrogens with one attached hydrogen (secondary N) is 1. The molecule has 0 aliphatic carbocycles. The van der Waals surface area contributed by atoms with Crippen molar-refractivity contribution in [1.82, 2.24) is 9.88 Å². The molecule has 0 unspecified atom stereocenters. The van der Waals surface area contributed by atoms with Gasteiger partial charge in [0.05, 0.1) is 5.56 Å². The van der Waals surface area contributed by atoms with Crippen LogP contribution < -0.4 is 10.1 Å². The number of aryl methyl sites for hydroxylation is 1. The van der Waals surface area contributed by atoms with E-state index in [-0.39, 0.29) is 23.4 Å². The number of carboxylic acid groups (broad SMARTS) is 1. The summed E-state index contributed by atoms with van der Waals surface area (Å²) in [5.41, 5.74) is 3.23. The molecule has 0 atom stereocenters. The third-order valence-corrected chi connectivity index (χ3v) is 6.75. The predicted molar refractivity (Wildman–Crippen MR) is 143 cm³/mol. The lowest BCUT2D eigenvalue weighted by Crippen LogP contribution is -2.38. The fourth-order valence-electron chi connectivity index (χ4n) is 4.78. The highest BCUT2D eigenvalue weighted by Gasteiger charge is 2.23. The molecule has 0 radical (unpaired) electrons. The monoisotopic (exact) mass is 513 g/mol. The molecule has 0 bridgehead atoms. The van der Waals surface area contributed by atoms with E-state index in [0.717, 1.165) is 31.5 Å². The van der Waals surface area contributed by atoms with E-state index in [1.54, 1.807) is 24.3 Å². The number of rotatable bonds is 7. The van der Waals surface area contributed by atoms with Crippen LogP contribution in [0.15, 0.2) is 72.8 Å². The van der Waals surface area contributed by atoms with Gasteiger partial charge in [-0.05, 0) is 67.8 Å². The van der Waals surface area contributed by atoms with Crippen molar-refractivity contribution in [2.45, 2.75) is 32.4 Å². The lowest BCUT2D eigenvalue weighted by molar-refractivity contribution is 0.0696. The van der Waals surface area contributed by atoms with Crippen molar-refractivity contribution in [3.05, 3.63) is 101 Å². The molecule has 3 aromatic carbocycles. The average Bonchev–Trinajstić information content (AvgIpc) is 2.91. The zero-order valence-electron chi connectivity index (χ0n) is 21.0. The van der Waals surface area contributed by atoms with Gasteiger partial charge in [-0.15, -0.1) is 0 Å². The minimum Gasteiger partial charge on any atom is -0.490 e. The number of likely N-dealkylation sites (tertiary alicyclic amines) is 1. The zero-order valence-corrected chi connectivity index (χ0v) is 21.0. The van der Waals surface area contributed by atoms with E-state index < -0.39 is 5.97 Å². The Bertz CT molecular complexity index is 1480. The van der Waals surface area contributed by atoms with Gasteiger partial charge in [0.1, 0.15) is 23.2 Å². The first-order valence-electron chi connectivity index (χ1n) is 12.5. The van der Waals surface area contributed by atoms with Gasteiger partial charge in [0.25, 0.3) is 5.91 Å². The van der Waals surface area contributed by atoms with Crippen molar-refractivity contribution >= 4 is 28.5 Å². The summed E-state index contributed by atoms with van der Waals surface area (Å²) >= 11 is 0. The van der Waals surface area contributed by atoms with Crippen LogP contribution in [0.5, 0.6) is 5.75 Å². The minimum atomic E-state index is -1.01. The van der Waals surface area contributed by atoms with E-state index in [1.165, 1.54) is 18.2 Å². The van der Waals surface area contributed by atoms with Crippen LogP contribution in [0.1, 0.15) is 44.8 Å². The topological polar surface area (TPSA) is 91.8 Å². The van der Waals surface area contributed by atoms with E-state index in [4.69, 9.17) is 9.84 Å². The van der Waals surface area contributed by atoms with E-state index in [2.05, 4.69) is 15.2 Å². The largest absolute Gasteiger partial charge is 0.490 e. The van der Waals surface area contributed by atoms with Gasteiger partial charge in [-0.2, -0.15) is 0 Å². The molecule has 38 heavy (non-hydrogen) atoms. The Morgan fingerprint density at radius 3 is 2.53 bits per heavy atom. The Morgan fingerprint density at radius 1 is 1.05 bits per heavy atom. The molecule has 4 aromatic rings. The molecule has 2 N–H and O–H groups in total. The number of carboxylic acids is 1. The van der Waals surface area contributed by atoms with Gasteiger partial charge >= 0.3 is 5.97 Å². The smallest absolute Gasteiger partial charge is 0.335 e. The number of nitrogens with zero attached hydrogens (tertiary/aromatic N) is 2. The van der Waals surface area contributed by atoms with Crippen LogP contribution >= 0.6 is 0 Å². The first-order valence-corrected chi connectivity index (χ1v) is 12.5. The molecule has 1 fully saturated rings. The van der Waals surface area contributed by atoms with E-state index in [0.29, 0.717) is 40.1 Å². The van der Waals surface area contributed by atoms with Crippen molar-refractivity contribution in [3.63, 3.8) is 0 Å². The molecule has 1 aliphatic rings. The number of piperidine rings is 1. The predicted octanol–water partition coefficient (Wildman–Crippen LogP) is 5.68. The number of halogens is 1. The highest BCUT2D eigenvalue weighted by molar-refractivity contribution is 6.05. The fourth-order valence-corrected chi connectivity index (χ4v) is 4.78. The second-order valence-corrected chi connectivity index (χ2v) is 9.48. The van der Waals surface area contributed by atoms with Gasteiger partial charge in [0, 0.05) is 48.0 Å². The summed E-state index contributed by atoms with van der Waals surface area (Å²) in [5.74, 6) is -0.954. The number of ether oxygens (including phenoxy) is 1. The molecule has 0 saturated carbocycles. The summed E-state index contributed by atoms with van der Waals surface area (Å²) in [6.07, 6.45) is 1.62. The summed E-state index contributed by atoms with van der Waals surface area (Å²) in [4.78, 5) is 30.7. The maximum absolute atomic E-state index is 14.3. The van der Waals surface area contributed by atoms with Crippen molar-refractivity contribution in [1.29, 1.82) is 0 Å². The van der Waals surface area contributed by atoms with E-state index in [9.17, 15) is 14.0 Å². The molecule has 1 saturated heterocycles. The van der Waals surface area contributed by atoms with E-state index in [1.807, 2.05) is 37.3 Å². The molecule has 7 nitrogen and oxygen atoms in total. The molecule has 194 valence electrons. The number of aromatic carboxylic acids is 1. The molecule has 2 heterocycles. The molecule has 1 amide bonds. The first-order chi connectivity index (χ1) is 18.4. The number of carbonyl (C=O) groups is 2. The highest BCUT2D eigenvalue weighted by atomic mass is 19.1. The Balaban J connectivity index is 1.21. The molecular formula is C30H28FN3O4. The third kappa shape index (κ3) is 5.65. The lowest BCUT2D eigenvalue weighted by atomic mass is 10.0. The number of aromatic nitrogens is 1. The summed E-state index contributed by atoms with van der Waals surface area (Å²) in [5, 5.41) is 12.6. The fraction of sp³-hybridized carbons (Fsp3) is 0.233. The summed E-state index contributed by atoms with van der Waals surface area (Å²) < 4.78 is 20.6. The Hall–Kier alpha value is -4.30. The molecule has 0 spiro atoms. The number of pyridine rings is 1. The number of hydrogen-bond acceptors (Lipinski definition) is 5. The molecule has 5 rings (SSSR count). The number of amides is 1. The normalized spacial score (nSPS) is 14.4. The second-order valence-electron chi connectivity index (χ2n) is 9.48. The summed E-state index contributed by atoms with van der Waals surface area (Å²) in [6.45, 7) is 4.05. The Labute approximate surface area is 219 Å². The molecule has 1 aliphatic heterocycles. The average molecular weight is 514 g/mol. The molecule has 8 heteroatoms. The van der Waals surface area contributed by atoms with Crippen LogP contribution in [-0.4, -0.2) is 46.1 Å². The maximum atomic E-state index is 14.3. The maximum Gasteiger partial charge on any atom is 0.335 e. The van der Waals surface area contributed by atoms with Gasteiger partial charge in [-0.1, -0.05) is 24.3 Å². The quantitative estimate of drug-likeness (QED) is 0.331. The third-order valence-electron chi connectivity index (χ3n) is 6.75.